The third-order valence-electron chi connectivity index (χ3n) is 24.3. The van der Waals surface area contributed by atoms with Crippen LogP contribution in [0.4, 0.5) is 0 Å². The maximum Gasteiger partial charge on any atom is 0.308 e. The van der Waals surface area contributed by atoms with Gasteiger partial charge in [0.15, 0.2) is 23.5 Å². The summed E-state index contributed by atoms with van der Waals surface area (Å²) in [6.45, 7) is 9.74. The molecule has 25 heteroatoms. The Morgan fingerprint density at radius 3 is 1.94 bits per heavy atom. The third kappa shape index (κ3) is 10.8. The first-order chi connectivity index (χ1) is 43.1. The lowest BCUT2D eigenvalue weighted by atomic mass is 9.74. The van der Waals surface area contributed by atoms with Gasteiger partial charge in [-0.1, -0.05) is 27.7 Å². The molecule has 17 fully saturated rings. The summed E-state index contributed by atoms with van der Waals surface area (Å²) < 4.78 is 121. The van der Waals surface area contributed by atoms with Crippen molar-refractivity contribution in [2.75, 3.05) is 19.8 Å². The van der Waals surface area contributed by atoms with E-state index in [0.29, 0.717) is 96.3 Å². The minimum Gasteiger partial charge on any atom is -0.462 e. The third-order valence-corrected chi connectivity index (χ3v) is 24.3. The van der Waals surface area contributed by atoms with Gasteiger partial charge in [0.25, 0.3) is 0 Å². The molecule has 17 heterocycles. The van der Waals surface area contributed by atoms with Gasteiger partial charge in [-0.05, 0) is 56.3 Å². The zero-order valence-corrected chi connectivity index (χ0v) is 52.5. The molecule has 17 saturated heterocycles. The van der Waals surface area contributed by atoms with Gasteiger partial charge < -0.3 is 106 Å². The van der Waals surface area contributed by atoms with Crippen LogP contribution in [0, 0.1) is 23.7 Å². The van der Waals surface area contributed by atoms with Crippen LogP contribution in [0.3, 0.4) is 0 Å². The Hall–Kier alpha value is -2.35. The molecule has 12 bridgehead atoms. The van der Waals surface area contributed by atoms with Crippen molar-refractivity contribution in [3.63, 3.8) is 0 Å². The van der Waals surface area contributed by atoms with Crippen LogP contribution >= 0.6 is 0 Å². The van der Waals surface area contributed by atoms with E-state index in [1.54, 1.807) is 0 Å². The van der Waals surface area contributed by atoms with Gasteiger partial charge in [0.2, 0.25) is 0 Å². The van der Waals surface area contributed by atoms with Crippen LogP contribution in [-0.2, 0) is 99.6 Å². The second-order valence-corrected chi connectivity index (χ2v) is 30.5. The molecule has 35 unspecified atom stereocenters. The van der Waals surface area contributed by atoms with E-state index in [4.69, 9.17) is 85.3 Å². The summed E-state index contributed by atoms with van der Waals surface area (Å²) in [5.74, 6) is -5.11. The van der Waals surface area contributed by atoms with Gasteiger partial charge in [-0.25, -0.2) is 0 Å². The van der Waals surface area contributed by atoms with Crippen LogP contribution in [0.1, 0.15) is 157 Å². The maximum atomic E-state index is 14.7. The number of carbonyl (C=O) groups is 3. The number of rotatable bonds is 6. The number of fused-ring (bicyclic) bond motifs is 11. The van der Waals surface area contributed by atoms with E-state index in [1.807, 2.05) is 13.8 Å². The van der Waals surface area contributed by atoms with Gasteiger partial charge in [-0.15, -0.1) is 0 Å². The largest absolute Gasteiger partial charge is 0.462 e. The van der Waals surface area contributed by atoms with Gasteiger partial charge in [0.05, 0.1) is 130 Å². The maximum absolute atomic E-state index is 14.7. The Kier molecular flexibility index (Phi) is 16.1. The predicted octanol–water partition coefficient (Wildman–Crippen LogP) is 2.81. The molecule has 0 amide bonds. The highest BCUT2D eigenvalue weighted by atomic mass is 16.8. The SMILES string of the molecule is CC(=O)OCC(OC(C)=O)C1CC2OC3C(C)CC4(CC(C)C5OC6(CC7OC8C(CC7O6)OC6CC7OC(CCC9OC(CCC%10%11CC%12OC%13C(OC%14CCC(CC(=O)OC6C8C)OC%14C%13O%10)C%12O%11)CC9(O)CO)CC(C)C7(O)CO)CC5O4)OC3CC2O1. The lowest BCUT2D eigenvalue weighted by molar-refractivity contribution is -0.369. The highest BCUT2D eigenvalue weighted by Crippen LogP contribution is 2.58. The van der Waals surface area contributed by atoms with Crippen molar-refractivity contribution in [1.29, 1.82) is 0 Å². The zero-order valence-electron chi connectivity index (χ0n) is 52.5. The Bertz CT molecular complexity index is 2710. The number of hydrogen-bond donors (Lipinski definition) is 4. The number of hydrogen-bond acceptors (Lipinski definition) is 25. The molecule has 25 nitrogen and oxygen atoms in total. The monoisotopic (exact) mass is 1270 g/mol. The summed E-state index contributed by atoms with van der Waals surface area (Å²) in [7, 11) is 0. The van der Waals surface area contributed by atoms with E-state index in [9.17, 15) is 34.8 Å². The minimum absolute atomic E-state index is 0.0333. The molecule has 17 rings (SSSR count). The van der Waals surface area contributed by atoms with Crippen molar-refractivity contribution in [1.82, 2.24) is 0 Å². The van der Waals surface area contributed by atoms with Crippen LogP contribution in [0.15, 0.2) is 0 Å². The molecule has 17 aliphatic rings. The van der Waals surface area contributed by atoms with Gasteiger partial charge in [-0.2, -0.15) is 0 Å². The van der Waals surface area contributed by atoms with Crippen LogP contribution < -0.4 is 0 Å². The topological polar surface area (TPSA) is 298 Å². The molecule has 3 spiro atoms. The summed E-state index contributed by atoms with van der Waals surface area (Å²) in [6, 6.07) is 0. The normalized spacial score (nSPS) is 56.8. The van der Waals surface area contributed by atoms with Crippen molar-refractivity contribution in [3.05, 3.63) is 0 Å². The Balaban J connectivity index is 0.625. The Morgan fingerprint density at radius 2 is 1.14 bits per heavy atom. The summed E-state index contributed by atoms with van der Waals surface area (Å²) in [5, 5.41) is 46.2. The van der Waals surface area contributed by atoms with Gasteiger partial charge in [-0.3, -0.25) is 14.4 Å². The molecule has 0 aromatic heterocycles. The standard InChI is InChI=1S/C65H94O25/c1-28-19-63(86-44-16-38-39(81-52(28)44)15-40(78-38)48(74-33(6)69)25-73-32(5)68)20-29(2)53-47(87-63)24-64(88-53)22-45-41(85-64)17-42-54(82-45)31(4)55-43(79-42)18-50-65(72,27-67)30(3)13-34(75-50)8-10-49-61(71,26-66)21-36(76-49)11-12-62-23-46-57(89-62)58-59(83-46)60(90-62)56-37(80-58)9-7-35(77-56)14-51(70)84-55/h28-31,34-50,52-60,66-67,71-72H,7-27H2,1-6H3. The fourth-order valence-corrected chi connectivity index (χ4v) is 20.1. The van der Waals surface area contributed by atoms with Crippen LogP contribution in [-0.4, -0.2) is 245 Å². The molecule has 0 aromatic rings. The van der Waals surface area contributed by atoms with E-state index in [1.165, 1.54) is 13.8 Å². The highest BCUT2D eigenvalue weighted by Gasteiger charge is 2.70. The molecule has 504 valence electrons. The van der Waals surface area contributed by atoms with E-state index in [0.717, 1.165) is 0 Å². The second-order valence-electron chi connectivity index (χ2n) is 30.5. The number of ether oxygens (including phenoxy) is 18. The first kappa shape index (κ1) is 62.5. The second kappa shape index (κ2) is 23.2. The number of carbonyl (C=O) groups excluding carboxylic acids is 3. The molecule has 17 aliphatic heterocycles. The van der Waals surface area contributed by atoms with Gasteiger partial charge in [0, 0.05) is 90.4 Å². The van der Waals surface area contributed by atoms with E-state index >= 15 is 0 Å². The highest BCUT2D eigenvalue weighted by molar-refractivity contribution is 5.70. The van der Waals surface area contributed by atoms with E-state index < -0.39 is 163 Å². The number of esters is 3. The quantitative estimate of drug-likeness (QED) is 0.220. The number of aliphatic hydroxyl groups is 4. The molecule has 90 heavy (non-hydrogen) atoms. The fourth-order valence-electron chi connectivity index (χ4n) is 20.1. The van der Waals surface area contributed by atoms with Crippen molar-refractivity contribution >= 4 is 17.9 Å². The molecule has 0 aliphatic carbocycles. The van der Waals surface area contributed by atoms with Crippen LogP contribution in [0.2, 0.25) is 0 Å². The van der Waals surface area contributed by atoms with Crippen molar-refractivity contribution < 1.29 is 120 Å². The van der Waals surface area contributed by atoms with Crippen molar-refractivity contribution in [3.8, 4) is 0 Å². The molecule has 0 saturated carbocycles. The van der Waals surface area contributed by atoms with E-state index in [-0.39, 0.29) is 105 Å². The lowest BCUT2D eigenvalue weighted by Crippen LogP contribution is -2.63. The Labute approximate surface area is 524 Å². The van der Waals surface area contributed by atoms with Gasteiger partial charge >= 0.3 is 17.9 Å². The predicted molar refractivity (Wildman–Crippen MR) is 301 cm³/mol. The molecule has 0 aromatic carbocycles. The first-order valence-corrected chi connectivity index (χ1v) is 34.2. The van der Waals surface area contributed by atoms with Crippen LogP contribution in [0.5, 0.6) is 0 Å². The first-order valence-electron chi connectivity index (χ1n) is 34.2. The van der Waals surface area contributed by atoms with Crippen LogP contribution in [0.25, 0.3) is 0 Å². The average molecular weight is 1280 g/mol. The zero-order chi connectivity index (χ0) is 62.1. The fraction of sp³-hybridized carbons (Fsp3) is 0.954. The lowest BCUT2D eigenvalue weighted by Gasteiger charge is -2.54. The van der Waals surface area contributed by atoms with E-state index in [2.05, 4.69) is 13.8 Å². The summed E-state index contributed by atoms with van der Waals surface area (Å²) in [4.78, 5) is 38.5. The summed E-state index contributed by atoms with van der Waals surface area (Å²) >= 11 is 0. The van der Waals surface area contributed by atoms with Crippen molar-refractivity contribution in [2.24, 2.45) is 23.7 Å². The molecule has 4 N–H and O–H groups in total. The Morgan fingerprint density at radius 1 is 0.489 bits per heavy atom. The molecular weight excluding hydrogens is 1180 g/mol. The molecular formula is C65H94O25. The number of aliphatic hydroxyl groups excluding tert-OH is 2. The summed E-state index contributed by atoms with van der Waals surface area (Å²) in [5.41, 5.74) is -3.18. The minimum atomic E-state index is -1.68. The van der Waals surface area contributed by atoms with Gasteiger partial charge in [0.1, 0.15) is 60.5 Å². The van der Waals surface area contributed by atoms with Crippen molar-refractivity contribution in [2.45, 2.75) is 344 Å². The molecule has 35 atom stereocenters. The molecule has 0 radical (unpaired) electrons. The smallest absolute Gasteiger partial charge is 0.308 e. The summed E-state index contributed by atoms with van der Waals surface area (Å²) in [6.07, 6.45) is -4.51. The average Bonchev–Trinajstić information content (AvgIpc) is 1.54.